The van der Waals surface area contributed by atoms with E-state index in [0.29, 0.717) is 0 Å². The Hall–Kier alpha value is -2.08. The molecule has 2 heterocycles. The molecular weight excluding hydrogens is 266 g/mol. The van der Waals surface area contributed by atoms with Crippen LogP contribution in [-0.2, 0) is 0 Å². The lowest BCUT2D eigenvalue weighted by atomic mass is 9.97. The van der Waals surface area contributed by atoms with Crippen molar-refractivity contribution in [1.82, 2.24) is 20.2 Å². The minimum absolute atomic E-state index is 0.110. The summed E-state index contributed by atoms with van der Waals surface area (Å²) in [6, 6.07) is 6.03. The van der Waals surface area contributed by atoms with Gasteiger partial charge in [0.15, 0.2) is 0 Å². The number of carbonyl (C=O) groups is 1. The first-order valence-corrected chi connectivity index (χ1v) is 7.25. The molecule has 112 valence electrons. The van der Waals surface area contributed by atoms with Crippen molar-refractivity contribution in [2.24, 2.45) is 5.73 Å². The Morgan fingerprint density at radius 2 is 2.33 bits per heavy atom. The van der Waals surface area contributed by atoms with E-state index in [0.717, 1.165) is 36.2 Å². The zero-order chi connectivity index (χ0) is 15.0. The van der Waals surface area contributed by atoms with Crippen LogP contribution in [0, 0.1) is 6.92 Å². The summed E-state index contributed by atoms with van der Waals surface area (Å²) in [5.41, 5.74) is 8.48. The van der Waals surface area contributed by atoms with Gasteiger partial charge in [-0.05, 0) is 44.5 Å². The Bertz CT molecular complexity index is 665. The van der Waals surface area contributed by atoms with Gasteiger partial charge in [-0.1, -0.05) is 6.07 Å². The Kier molecular flexibility index (Phi) is 3.55. The third-order valence-corrected chi connectivity index (χ3v) is 4.19. The van der Waals surface area contributed by atoms with Crippen molar-refractivity contribution in [1.29, 1.82) is 0 Å². The number of carbonyl (C=O) groups excluding carboxylic acids is 1. The third-order valence-electron chi connectivity index (χ3n) is 4.19. The Morgan fingerprint density at radius 1 is 1.52 bits per heavy atom. The quantitative estimate of drug-likeness (QED) is 0.785. The monoisotopic (exact) mass is 287 g/mol. The van der Waals surface area contributed by atoms with Crippen LogP contribution < -0.4 is 11.1 Å². The van der Waals surface area contributed by atoms with Gasteiger partial charge in [0, 0.05) is 12.6 Å². The lowest BCUT2D eigenvalue weighted by Gasteiger charge is -2.36. The average molecular weight is 287 g/mol. The van der Waals surface area contributed by atoms with Crippen molar-refractivity contribution in [3.05, 3.63) is 29.6 Å². The number of nitrogens with one attached hydrogen (secondary N) is 2. The summed E-state index contributed by atoms with van der Waals surface area (Å²) in [4.78, 5) is 21.4. The van der Waals surface area contributed by atoms with E-state index < -0.39 is 6.03 Å². The molecule has 2 unspecified atom stereocenters. The van der Waals surface area contributed by atoms with Crippen LogP contribution >= 0.6 is 0 Å². The topological polar surface area (TPSA) is 87.0 Å². The molecule has 0 aliphatic carbocycles. The Morgan fingerprint density at radius 3 is 3.10 bits per heavy atom. The van der Waals surface area contributed by atoms with E-state index in [1.165, 1.54) is 5.56 Å². The SMILES string of the molecule is Cc1ccc2nc(C3CC(NC(N)=O)CCN3C)[nH]c2c1. The van der Waals surface area contributed by atoms with Crippen molar-refractivity contribution in [3.63, 3.8) is 0 Å². The highest BCUT2D eigenvalue weighted by molar-refractivity contribution is 5.76. The number of hydrogen-bond acceptors (Lipinski definition) is 3. The molecule has 3 rings (SSSR count). The van der Waals surface area contributed by atoms with Gasteiger partial charge in [0.2, 0.25) is 0 Å². The number of likely N-dealkylation sites (tertiary alicyclic amines) is 1. The zero-order valence-corrected chi connectivity index (χ0v) is 12.4. The number of piperidine rings is 1. The second kappa shape index (κ2) is 5.37. The summed E-state index contributed by atoms with van der Waals surface area (Å²) >= 11 is 0. The van der Waals surface area contributed by atoms with Crippen LogP contribution in [0.15, 0.2) is 18.2 Å². The molecule has 0 saturated carbocycles. The number of fused-ring (bicyclic) bond motifs is 1. The molecule has 1 aliphatic heterocycles. The molecule has 21 heavy (non-hydrogen) atoms. The maximum atomic E-state index is 11.0. The normalized spacial score (nSPS) is 23.3. The van der Waals surface area contributed by atoms with Gasteiger partial charge in [-0.15, -0.1) is 0 Å². The predicted octanol–water partition coefficient (Wildman–Crippen LogP) is 1.67. The van der Waals surface area contributed by atoms with E-state index in [1.807, 2.05) is 6.07 Å². The number of aryl methyl sites for hydroxylation is 1. The van der Waals surface area contributed by atoms with Crippen LogP contribution in [0.25, 0.3) is 11.0 Å². The van der Waals surface area contributed by atoms with Crippen LogP contribution in [0.5, 0.6) is 0 Å². The van der Waals surface area contributed by atoms with Crippen LogP contribution in [0.4, 0.5) is 4.79 Å². The molecule has 2 atom stereocenters. The third kappa shape index (κ3) is 2.85. The number of imidazole rings is 1. The molecule has 2 amide bonds. The fourth-order valence-corrected chi connectivity index (χ4v) is 3.04. The van der Waals surface area contributed by atoms with Crippen LogP contribution in [0.3, 0.4) is 0 Å². The largest absolute Gasteiger partial charge is 0.352 e. The fraction of sp³-hybridized carbons (Fsp3) is 0.467. The van der Waals surface area contributed by atoms with Gasteiger partial charge < -0.3 is 16.0 Å². The smallest absolute Gasteiger partial charge is 0.312 e. The van der Waals surface area contributed by atoms with Gasteiger partial charge in [-0.25, -0.2) is 9.78 Å². The summed E-state index contributed by atoms with van der Waals surface area (Å²) in [6.45, 7) is 2.98. The van der Waals surface area contributed by atoms with Crippen LogP contribution in [0.1, 0.15) is 30.3 Å². The zero-order valence-electron chi connectivity index (χ0n) is 12.4. The lowest BCUT2D eigenvalue weighted by Crippen LogP contribution is -2.46. The first-order valence-electron chi connectivity index (χ1n) is 7.25. The molecule has 4 N–H and O–H groups in total. The molecule has 0 radical (unpaired) electrons. The van der Waals surface area contributed by atoms with E-state index in [9.17, 15) is 4.79 Å². The van der Waals surface area contributed by atoms with Crippen molar-refractivity contribution >= 4 is 17.1 Å². The molecule has 6 nitrogen and oxygen atoms in total. The molecular formula is C15H21N5O. The van der Waals surface area contributed by atoms with Gasteiger partial charge in [0.1, 0.15) is 5.82 Å². The van der Waals surface area contributed by atoms with E-state index in [4.69, 9.17) is 10.7 Å². The van der Waals surface area contributed by atoms with Crippen molar-refractivity contribution < 1.29 is 4.79 Å². The number of benzene rings is 1. The Labute approximate surface area is 123 Å². The average Bonchev–Trinajstić information content (AvgIpc) is 2.83. The van der Waals surface area contributed by atoms with Crippen LogP contribution in [-0.4, -0.2) is 40.5 Å². The molecule has 0 bridgehead atoms. The number of H-pyrrole nitrogens is 1. The number of aromatic amines is 1. The standard InChI is InChI=1S/C15H21N5O/c1-9-3-4-11-12(7-9)19-14(18-11)13-8-10(17-15(16)21)5-6-20(13)2/h3-4,7,10,13H,5-6,8H2,1-2H3,(H,18,19)(H3,16,17,21). The van der Waals surface area contributed by atoms with Crippen molar-refractivity contribution in [2.45, 2.75) is 31.8 Å². The first-order chi connectivity index (χ1) is 10.0. The number of amides is 2. The van der Waals surface area contributed by atoms with Gasteiger partial charge in [-0.2, -0.15) is 0 Å². The van der Waals surface area contributed by atoms with E-state index in [-0.39, 0.29) is 12.1 Å². The van der Waals surface area contributed by atoms with E-state index in [2.05, 4.69) is 41.3 Å². The van der Waals surface area contributed by atoms with E-state index in [1.54, 1.807) is 0 Å². The summed E-state index contributed by atoms with van der Waals surface area (Å²) in [5, 5.41) is 2.82. The summed E-state index contributed by atoms with van der Waals surface area (Å²) in [6.07, 6.45) is 1.73. The molecule has 6 heteroatoms. The molecule has 2 aromatic rings. The first kappa shape index (κ1) is 13.9. The maximum absolute atomic E-state index is 11.0. The van der Waals surface area contributed by atoms with Gasteiger partial charge in [-0.3, -0.25) is 4.90 Å². The summed E-state index contributed by atoms with van der Waals surface area (Å²) < 4.78 is 0. The number of nitrogens with two attached hydrogens (primary N) is 1. The number of rotatable bonds is 2. The second-order valence-electron chi connectivity index (χ2n) is 5.87. The Balaban J connectivity index is 1.86. The number of hydrogen-bond donors (Lipinski definition) is 3. The van der Waals surface area contributed by atoms with Gasteiger partial charge >= 0.3 is 6.03 Å². The highest BCUT2D eigenvalue weighted by atomic mass is 16.2. The molecule has 1 aromatic heterocycles. The lowest BCUT2D eigenvalue weighted by molar-refractivity contribution is 0.152. The van der Waals surface area contributed by atoms with Crippen molar-refractivity contribution in [2.75, 3.05) is 13.6 Å². The van der Waals surface area contributed by atoms with Gasteiger partial charge in [0.05, 0.1) is 17.1 Å². The predicted molar refractivity (Wildman–Crippen MR) is 81.9 cm³/mol. The van der Waals surface area contributed by atoms with Crippen LogP contribution in [0.2, 0.25) is 0 Å². The van der Waals surface area contributed by atoms with Crippen molar-refractivity contribution in [3.8, 4) is 0 Å². The second-order valence-corrected chi connectivity index (χ2v) is 5.87. The highest BCUT2D eigenvalue weighted by Gasteiger charge is 2.29. The number of urea groups is 1. The molecule has 0 spiro atoms. The summed E-state index contributed by atoms with van der Waals surface area (Å²) in [7, 11) is 2.09. The summed E-state index contributed by atoms with van der Waals surface area (Å²) in [5.74, 6) is 0.953. The number of nitrogens with zero attached hydrogens (tertiary/aromatic N) is 2. The van der Waals surface area contributed by atoms with E-state index >= 15 is 0 Å². The minimum Gasteiger partial charge on any atom is -0.352 e. The molecule has 1 aliphatic rings. The highest BCUT2D eigenvalue weighted by Crippen LogP contribution is 2.29. The minimum atomic E-state index is -0.455. The number of aromatic nitrogens is 2. The fourth-order valence-electron chi connectivity index (χ4n) is 3.04. The molecule has 1 saturated heterocycles. The molecule has 1 fully saturated rings. The number of primary amides is 1. The van der Waals surface area contributed by atoms with Gasteiger partial charge in [0.25, 0.3) is 0 Å². The molecule has 1 aromatic carbocycles. The maximum Gasteiger partial charge on any atom is 0.312 e.